The molecule has 0 spiro atoms. The van der Waals surface area contributed by atoms with Gasteiger partial charge in [-0.2, -0.15) is 13.2 Å². The first-order valence-corrected chi connectivity index (χ1v) is 13.1. The van der Waals surface area contributed by atoms with Gasteiger partial charge in [-0.05, 0) is 57.9 Å². The molecule has 4 rings (SSSR count). The van der Waals surface area contributed by atoms with Crippen LogP contribution in [0.25, 0.3) is 16.2 Å². The number of piperidine rings is 1. The lowest BCUT2D eigenvalue weighted by molar-refractivity contribution is -0.134. The molecule has 1 aliphatic heterocycles. The summed E-state index contributed by atoms with van der Waals surface area (Å²) in [5.41, 5.74) is 0.0259. The van der Waals surface area contributed by atoms with E-state index in [4.69, 9.17) is 4.74 Å². The third kappa shape index (κ3) is 5.69. The topological polar surface area (TPSA) is 106 Å². The Morgan fingerprint density at radius 2 is 1.83 bits per heavy atom. The molecule has 0 aliphatic carbocycles. The van der Waals surface area contributed by atoms with E-state index in [1.165, 1.54) is 33.8 Å². The summed E-state index contributed by atoms with van der Waals surface area (Å²) in [7, 11) is -3.84. The van der Waals surface area contributed by atoms with E-state index < -0.39 is 38.0 Å². The minimum Gasteiger partial charge on any atom is -0.444 e. The van der Waals surface area contributed by atoms with Gasteiger partial charge in [0.25, 0.3) is 0 Å². The highest BCUT2D eigenvalue weighted by Crippen LogP contribution is 2.38. The molecule has 0 saturated carbocycles. The second-order valence-corrected chi connectivity index (χ2v) is 12.2. The molecule has 14 heteroatoms. The van der Waals surface area contributed by atoms with E-state index in [1.807, 2.05) is 0 Å². The summed E-state index contributed by atoms with van der Waals surface area (Å²) < 4.78 is 74.0. The van der Waals surface area contributed by atoms with Crippen molar-refractivity contribution in [3.8, 4) is 10.6 Å². The Bertz CT molecular complexity index is 1340. The van der Waals surface area contributed by atoms with Crippen LogP contribution in [0.1, 0.15) is 38.5 Å². The van der Waals surface area contributed by atoms with Gasteiger partial charge in [0.15, 0.2) is 11.5 Å². The SMILES string of the molecule is CC(C)(C)OC(=O)N1CCC(S(=O)(=O)Nc2ccc3ncc(-c4ccc(C(F)(F)F)s4)n3n2)CC1. The van der Waals surface area contributed by atoms with Crippen molar-refractivity contribution in [2.24, 2.45) is 0 Å². The molecule has 190 valence electrons. The maximum absolute atomic E-state index is 13.0. The maximum atomic E-state index is 13.0. The van der Waals surface area contributed by atoms with Crippen molar-refractivity contribution < 1.29 is 31.1 Å². The van der Waals surface area contributed by atoms with Crippen molar-refractivity contribution in [2.75, 3.05) is 17.8 Å². The molecule has 1 fully saturated rings. The van der Waals surface area contributed by atoms with Gasteiger partial charge in [0.2, 0.25) is 10.0 Å². The van der Waals surface area contributed by atoms with Gasteiger partial charge in [-0.1, -0.05) is 0 Å². The lowest BCUT2D eigenvalue weighted by Gasteiger charge is -2.33. The molecule has 0 bridgehead atoms. The molecule has 1 aliphatic rings. The van der Waals surface area contributed by atoms with Crippen LogP contribution in [0.15, 0.2) is 30.5 Å². The number of thiophene rings is 1. The van der Waals surface area contributed by atoms with Crippen molar-refractivity contribution in [3.63, 3.8) is 0 Å². The van der Waals surface area contributed by atoms with Gasteiger partial charge in [-0.15, -0.1) is 16.4 Å². The Kier molecular flexibility index (Phi) is 6.47. The summed E-state index contributed by atoms with van der Waals surface area (Å²) >= 11 is 0.553. The number of hydrogen-bond donors (Lipinski definition) is 1. The standard InChI is InChI=1S/C21H24F3N5O4S2/c1-20(2,3)33-19(30)28-10-8-13(9-11-28)35(31,32)27-17-6-7-18-25-12-14(29(18)26-17)15-4-5-16(34-15)21(22,23)24/h4-7,12-13H,8-11H2,1-3H3,(H,26,27). The van der Waals surface area contributed by atoms with E-state index in [9.17, 15) is 26.4 Å². The van der Waals surface area contributed by atoms with E-state index >= 15 is 0 Å². The molecule has 1 saturated heterocycles. The quantitative estimate of drug-likeness (QED) is 0.527. The predicted molar refractivity (Wildman–Crippen MR) is 125 cm³/mol. The number of anilines is 1. The van der Waals surface area contributed by atoms with E-state index in [-0.39, 0.29) is 31.7 Å². The van der Waals surface area contributed by atoms with Crippen LogP contribution in [0.3, 0.4) is 0 Å². The van der Waals surface area contributed by atoms with Crippen LogP contribution in [-0.2, 0) is 20.9 Å². The van der Waals surface area contributed by atoms with Gasteiger partial charge in [-0.25, -0.2) is 22.7 Å². The molecule has 0 radical (unpaired) electrons. The molecule has 9 nitrogen and oxygen atoms in total. The smallest absolute Gasteiger partial charge is 0.425 e. The van der Waals surface area contributed by atoms with Crippen LogP contribution in [0.5, 0.6) is 0 Å². The fourth-order valence-electron chi connectivity index (χ4n) is 3.63. The molecule has 4 heterocycles. The lowest BCUT2D eigenvalue weighted by Crippen LogP contribution is -2.45. The zero-order chi connectivity index (χ0) is 25.6. The predicted octanol–water partition coefficient (Wildman–Crippen LogP) is 4.62. The first-order chi connectivity index (χ1) is 16.2. The second-order valence-electron chi connectivity index (χ2n) is 9.11. The van der Waals surface area contributed by atoms with Gasteiger partial charge < -0.3 is 9.64 Å². The van der Waals surface area contributed by atoms with Gasteiger partial charge in [0.05, 0.1) is 16.3 Å². The minimum atomic E-state index is -4.46. The van der Waals surface area contributed by atoms with Crippen LogP contribution >= 0.6 is 11.3 Å². The normalized spacial score (nSPS) is 16.0. The number of alkyl halides is 3. The van der Waals surface area contributed by atoms with Crippen molar-refractivity contribution in [1.29, 1.82) is 0 Å². The highest BCUT2D eigenvalue weighted by atomic mass is 32.2. The first kappa shape index (κ1) is 25.2. The fourth-order valence-corrected chi connectivity index (χ4v) is 5.89. The number of carbonyl (C=O) groups excluding carboxylic acids is 1. The minimum absolute atomic E-state index is 0.0129. The summed E-state index contributed by atoms with van der Waals surface area (Å²) in [6.07, 6.45) is -3.11. The fraction of sp³-hybridized carbons (Fsp3) is 0.476. The summed E-state index contributed by atoms with van der Waals surface area (Å²) in [5, 5.41) is 3.51. The molecule has 0 aromatic carbocycles. The molecule has 1 amide bonds. The summed E-state index contributed by atoms with van der Waals surface area (Å²) in [6.45, 7) is 5.75. The number of carbonyl (C=O) groups is 1. The number of ether oxygens (including phenoxy) is 1. The van der Waals surface area contributed by atoms with Gasteiger partial charge in [-0.3, -0.25) is 4.72 Å². The monoisotopic (exact) mass is 531 g/mol. The van der Waals surface area contributed by atoms with Gasteiger partial charge >= 0.3 is 12.3 Å². The van der Waals surface area contributed by atoms with Gasteiger partial charge in [0.1, 0.15) is 16.2 Å². The van der Waals surface area contributed by atoms with Crippen molar-refractivity contribution in [2.45, 2.75) is 50.6 Å². The number of amides is 1. The van der Waals surface area contributed by atoms with Crippen molar-refractivity contribution in [3.05, 3.63) is 35.3 Å². The Morgan fingerprint density at radius 3 is 2.43 bits per heavy atom. The number of imidazole rings is 1. The summed E-state index contributed by atoms with van der Waals surface area (Å²) in [5.74, 6) is 0.0129. The third-order valence-electron chi connectivity index (χ3n) is 5.28. The zero-order valence-electron chi connectivity index (χ0n) is 19.2. The average molecular weight is 532 g/mol. The highest BCUT2D eigenvalue weighted by molar-refractivity contribution is 7.93. The number of hydrogen-bond acceptors (Lipinski definition) is 7. The number of nitrogens with one attached hydrogen (secondary N) is 1. The lowest BCUT2D eigenvalue weighted by atomic mass is 10.1. The van der Waals surface area contributed by atoms with Crippen LogP contribution < -0.4 is 4.72 Å². The highest BCUT2D eigenvalue weighted by Gasteiger charge is 2.34. The molecule has 3 aromatic heterocycles. The van der Waals surface area contributed by atoms with Crippen LogP contribution in [0, 0.1) is 0 Å². The van der Waals surface area contributed by atoms with E-state index in [2.05, 4.69) is 14.8 Å². The van der Waals surface area contributed by atoms with Crippen molar-refractivity contribution in [1.82, 2.24) is 19.5 Å². The molecule has 0 atom stereocenters. The number of nitrogens with zero attached hydrogens (tertiary/aromatic N) is 4. The summed E-state index contributed by atoms with van der Waals surface area (Å²) in [6, 6.07) is 5.27. The number of sulfonamides is 1. The third-order valence-corrected chi connectivity index (χ3v) is 8.27. The van der Waals surface area contributed by atoms with Crippen molar-refractivity contribution >= 4 is 38.9 Å². The van der Waals surface area contributed by atoms with Gasteiger partial charge in [0, 0.05) is 13.1 Å². The van der Waals surface area contributed by atoms with E-state index in [0.29, 0.717) is 27.6 Å². The number of aromatic nitrogens is 3. The number of fused-ring (bicyclic) bond motifs is 1. The molecule has 3 aromatic rings. The average Bonchev–Trinajstić information content (AvgIpc) is 3.39. The van der Waals surface area contributed by atoms with E-state index in [1.54, 1.807) is 20.8 Å². The van der Waals surface area contributed by atoms with Crippen LogP contribution in [0.4, 0.5) is 23.8 Å². The molecule has 1 N–H and O–H groups in total. The Labute approximate surface area is 204 Å². The molecular formula is C21H24F3N5O4S2. The zero-order valence-corrected chi connectivity index (χ0v) is 20.8. The number of halogens is 3. The molecular weight excluding hydrogens is 507 g/mol. The Balaban J connectivity index is 1.48. The van der Waals surface area contributed by atoms with E-state index in [0.717, 1.165) is 6.07 Å². The first-order valence-electron chi connectivity index (χ1n) is 10.7. The Morgan fingerprint density at radius 1 is 1.14 bits per heavy atom. The van der Waals surface area contributed by atoms with Crippen LogP contribution in [0.2, 0.25) is 0 Å². The largest absolute Gasteiger partial charge is 0.444 e. The molecule has 0 unspecified atom stereocenters. The summed E-state index contributed by atoms with van der Waals surface area (Å²) in [4.78, 5) is 17.4. The number of rotatable bonds is 4. The number of likely N-dealkylation sites (tertiary alicyclic amines) is 1. The molecule has 35 heavy (non-hydrogen) atoms. The van der Waals surface area contributed by atoms with Crippen LogP contribution in [-0.4, -0.2) is 57.9 Å². The second kappa shape index (κ2) is 8.97. The Hall–Kier alpha value is -2.87. The maximum Gasteiger partial charge on any atom is 0.425 e.